The Hall–Kier alpha value is -0.410. The normalized spacial score (nSPS) is 22.4. The largest absolute Gasteiger partial charge is 0.305 e. The first kappa shape index (κ1) is 11.1. The van der Waals surface area contributed by atoms with E-state index >= 15 is 0 Å². The molecule has 2 atom stereocenters. The van der Waals surface area contributed by atoms with Crippen LogP contribution in [0.25, 0.3) is 0 Å². The van der Waals surface area contributed by atoms with Crippen LogP contribution in [0.3, 0.4) is 0 Å². The molecular weight excluding hydrogens is 204 g/mol. The molecular formula is C12H20N2S. The van der Waals surface area contributed by atoms with Crippen molar-refractivity contribution in [1.29, 1.82) is 0 Å². The molecule has 0 saturated heterocycles. The van der Waals surface area contributed by atoms with E-state index in [2.05, 4.69) is 43.4 Å². The van der Waals surface area contributed by atoms with Crippen molar-refractivity contribution < 1.29 is 0 Å². The summed E-state index contributed by atoms with van der Waals surface area (Å²) >= 11 is 1.76. The molecule has 1 saturated carbocycles. The van der Waals surface area contributed by atoms with Crippen LogP contribution in [-0.2, 0) is 0 Å². The molecule has 0 bridgehead atoms. The number of nitrogens with one attached hydrogen (secondary N) is 1. The van der Waals surface area contributed by atoms with Crippen LogP contribution in [-0.4, -0.2) is 11.0 Å². The van der Waals surface area contributed by atoms with Crippen LogP contribution in [0.15, 0.2) is 5.38 Å². The van der Waals surface area contributed by atoms with Gasteiger partial charge >= 0.3 is 0 Å². The molecule has 15 heavy (non-hydrogen) atoms. The number of hydrogen-bond acceptors (Lipinski definition) is 3. The molecule has 1 aliphatic rings. The van der Waals surface area contributed by atoms with Crippen molar-refractivity contribution in [3.63, 3.8) is 0 Å². The predicted octanol–water partition coefficient (Wildman–Crippen LogP) is 3.29. The third kappa shape index (κ3) is 2.40. The zero-order valence-electron chi connectivity index (χ0n) is 10.0. The number of hydrogen-bond donors (Lipinski definition) is 1. The second kappa shape index (κ2) is 3.87. The van der Waals surface area contributed by atoms with Crippen LogP contribution in [0.2, 0.25) is 0 Å². The van der Waals surface area contributed by atoms with Gasteiger partial charge in [-0.1, -0.05) is 6.92 Å². The van der Waals surface area contributed by atoms with E-state index in [-0.39, 0.29) is 0 Å². The summed E-state index contributed by atoms with van der Waals surface area (Å²) in [4.78, 5) is 4.52. The van der Waals surface area contributed by atoms with Gasteiger partial charge < -0.3 is 5.32 Å². The van der Waals surface area contributed by atoms with Gasteiger partial charge in [0.1, 0.15) is 5.01 Å². The lowest BCUT2D eigenvalue weighted by Gasteiger charge is -2.23. The lowest BCUT2D eigenvalue weighted by molar-refractivity contribution is 0.350. The van der Waals surface area contributed by atoms with Gasteiger partial charge in [-0.2, -0.15) is 0 Å². The first-order chi connectivity index (χ1) is 7.01. The zero-order chi connectivity index (χ0) is 11.1. The summed E-state index contributed by atoms with van der Waals surface area (Å²) in [7, 11) is 0. The smallest absolute Gasteiger partial charge is 0.110 e. The summed E-state index contributed by atoms with van der Waals surface area (Å²) in [6.07, 6.45) is 2.73. The molecule has 0 aliphatic heterocycles. The maximum Gasteiger partial charge on any atom is 0.110 e. The molecule has 2 nitrogen and oxygen atoms in total. The highest BCUT2D eigenvalue weighted by molar-refractivity contribution is 7.09. The van der Waals surface area contributed by atoms with Gasteiger partial charge in [0.05, 0.1) is 6.04 Å². The molecule has 1 fully saturated rings. The quantitative estimate of drug-likeness (QED) is 0.849. The minimum atomic E-state index is 0.385. The van der Waals surface area contributed by atoms with E-state index in [9.17, 15) is 0 Å². The van der Waals surface area contributed by atoms with Crippen LogP contribution in [0.1, 0.15) is 50.4 Å². The summed E-state index contributed by atoms with van der Waals surface area (Å²) < 4.78 is 0. The van der Waals surface area contributed by atoms with Crippen molar-refractivity contribution in [3.8, 4) is 0 Å². The summed E-state index contributed by atoms with van der Waals surface area (Å²) in [5, 5.41) is 6.99. The first-order valence-corrected chi connectivity index (χ1v) is 6.57. The van der Waals surface area contributed by atoms with Gasteiger partial charge in [-0.25, -0.2) is 4.98 Å². The molecule has 0 radical (unpaired) electrons. The van der Waals surface area contributed by atoms with Crippen molar-refractivity contribution >= 4 is 11.3 Å². The third-order valence-electron chi connectivity index (χ3n) is 3.59. The number of nitrogens with zero attached hydrogens (tertiary/aromatic N) is 1. The fourth-order valence-electron chi connectivity index (χ4n) is 1.85. The minimum absolute atomic E-state index is 0.385. The average molecular weight is 224 g/mol. The Balaban J connectivity index is 1.94. The maximum absolute atomic E-state index is 4.52. The van der Waals surface area contributed by atoms with E-state index in [1.807, 2.05) is 0 Å². The van der Waals surface area contributed by atoms with E-state index in [0.29, 0.717) is 17.5 Å². The molecule has 0 amide bonds. The fourth-order valence-corrected chi connectivity index (χ4v) is 2.66. The van der Waals surface area contributed by atoms with Gasteiger partial charge in [-0.05, 0) is 39.0 Å². The van der Waals surface area contributed by atoms with Gasteiger partial charge in [0.25, 0.3) is 0 Å². The van der Waals surface area contributed by atoms with Gasteiger partial charge in [-0.15, -0.1) is 11.3 Å². The van der Waals surface area contributed by atoms with Gasteiger partial charge in [0, 0.05) is 17.1 Å². The topological polar surface area (TPSA) is 24.9 Å². The van der Waals surface area contributed by atoms with Gasteiger partial charge in [0.15, 0.2) is 0 Å². The Morgan fingerprint density at radius 2 is 2.13 bits per heavy atom. The first-order valence-electron chi connectivity index (χ1n) is 5.69. The molecule has 0 spiro atoms. The predicted molar refractivity (Wildman–Crippen MR) is 65.2 cm³/mol. The molecule has 3 heteroatoms. The van der Waals surface area contributed by atoms with Crippen molar-refractivity contribution in [2.45, 2.75) is 52.6 Å². The molecule has 1 aromatic heterocycles. The number of thiazole rings is 1. The highest BCUT2D eigenvalue weighted by Crippen LogP contribution is 2.48. The molecule has 1 N–H and O–H groups in total. The molecule has 2 unspecified atom stereocenters. The summed E-state index contributed by atoms with van der Waals surface area (Å²) in [6.45, 7) is 8.92. The highest BCUT2D eigenvalue weighted by Gasteiger charge is 2.42. The second-order valence-electron chi connectivity index (χ2n) is 5.09. The van der Waals surface area contributed by atoms with Gasteiger partial charge in [0.2, 0.25) is 0 Å². The van der Waals surface area contributed by atoms with Crippen LogP contribution in [0.5, 0.6) is 0 Å². The van der Waals surface area contributed by atoms with Crippen LogP contribution in [0.4, 0.5) is 0 Å². The second-order valence-corrected chi connectivity index (χ2v) is 5.98. The summed E-state index contributed by atoms with van der Waals surface area (Å²) in [6, 6.07) is 0.979. The van der Waals surface area contributed by atoms with E-state index in [4.69, 9.17) is 0 Å². The SMILES string of the molecule is Cc1csc(C(C)NC(C)C2(C)CC2)n1. The Morgan fingerprint density at radius 3 is 2.60 bits per heavy atom. The maximum atomic E-state index is 4.52. The molecule has 1 heterocycles. The Kier molecular flexibility index (Phi) is 2.86. The number of rotatable bonds is 4. The average Bonchev–Trinajstić information content (AvgIpc) is 2.77. The van der Waals surface area contributed by atoms with E-state index in [0.717, 1.165) is 5.69 Å². The van der Waals surface area contributed by atoms with E-state index < -0.39 is 0 Å². The van der Waals surface area contributed by atoms with Crippen LogP contribution < -0.4 is 5.32 Å². The van der Waals surface area contributed by atoms with Crippen molar-refractivity contribution in [3.05, 3.63) is 16.1 Å². The molecule has 1 aromatic rings. The summed E-state index contributed by atoms with van der Waals surface area (Å²) in [5.41, 5.74) is 1.68. The lowest BCUT2D eigenvalue weighted by atomic mass is 10.0. The Labute approximate surface area is 96.1 Å². The molecule has 2 rings (SSSR count). The Morgan fingerprint density at radius 1 is 1.47 bits per heavy atom. The minimum Gasteiger partial charge on any atom is -0.305 e. The van der Waals surface area contributed by atoms with E-state index in [1.165, 1.54) is 17.8 Å². The van der Waals surface area contributed by atoms with Crippen molar-refractivity contribution in [2.24, 2.45) is 5.41 Å². The van der Waals surface area contributed by atoms with Crippen LogP contribution >= 0.6 is 11.3 Å². The number of aryl methyl sites for hydroxylation is 1. The fraction of sp³-hybridized carbons (Fsp3) is 0.750. The number of aromatic nitrogens is 1. The zero-order valence-corrected chi connectivity index (χ0v) is 10.8. The van der Waals surface area contributed by atoms with Crippen molar-refractivity contribution in [2.75, 3.05) is 0 Å². The van der Waals surface area contributed by atoms with Gasteiger partial charge in [-0.3, -0.25) is 0 Å². The summed E-state index contributed by atoms with van der Waals surface area (Å²) in [5.74, 6) is 0. The highest BCUT2D eigenvalue weighted by atomic mass is 32.1. The molecule has 1 aliphatic carbocycles. The third-order valence-corrected chi connectivity index (χ3v) is 4.74. The molecule has 0 aromatic carbocycles. The standard InChI is InChI=1S/C12H20N2S/c1-8-7-15-11(13-8)9(2)14-10(3)12(4)5-6-12/h7,9-10,14H,5-6H2,1-4H3. The lowest BCUT2D eigenvalue weighted by Crippen LogP contribution is -2.35. The monoisotopic (exact) mass is 224 g/mol. The molecule has 84 valence electrons. The van der Waals surface area contributed by atoms with E-state index in [1.54, 1.807) is 11.3 Å². The van der Waals surface area contributed by atoms with Crippen LogP contribution in [0, 0.1) is 12.3 Å². The van der Waals surface area contributed by atoms with Crippen molar-refractivity contribution in [1.82, 2.24) is 10.3 Å². The Bertz CT molecular complexity index is 341.